The summed E-state index contributed by atoms with van der Waals surface area (Å²) < 4.78 is 5.61. The Morgan fingerprint density at radius 1 is 1.62 bits per heavy atom. The van der Waals surface area contributed by atoms with Crippen molar-refractivity contribution < 1.29 is 4.74 Å². The van der Waals surface area contributed by atoms with Crippen molar-refractivity contribution in [1.29, 1.82) is 0 Å². The smallest absolute Gasteiger partial charge is 0.0674 e. The maximum atomic E-state index is 5.80. The number of morpholine rings is 1. The Hall–Kier alpha value is -0.120. The van der Waals surface area contributed by atoms with Crippen molar-refractivity contribution in [3.05, 3.63) is 0 Å². The predicted octanol–water partition coefficient (Wildman–Crippen LogP) is 0.833. The van der Waals surface area contributed by atoms with Gasteiger partial charge < -0.3 is 10.5 Å². The lowest BCUT2D eigenvalue weighted by Gasteiger charge is -2.39. The van der Waals surface area contributed by atoms with Crippen molar-refractivity contribution >= 4 is 0 Å². The molecule has 0 saturated carbocycles. The van der Waals surface area contributed by atoms with Crippen LogP contribution in [0.15, 0.2) is 0 Å². The summed E-state index contributed by atoms with van der Waals surface area (Å²) in [6.07, 6.45) is 1.51. The summed E-state index contributed by atoms with van der Waals surface area (Å²) in [5, 5.41) is 0. The molecule has 1 saturated heterocycles. The lowest BCUT2D eigenvalue weighted by molar-refractivity contribution is -0.0568. The van der Waals surface area contributed by atoms with E-state index in [1.165, 1.54) is 0 Å². The van der Waals surface area contributed by atoms with Gasteiger partial charge in [-0.2, -0.15) is 0 Å². The fraction of sp³-hybridized carbons (Fsp3) is 1.00. The molecule has 0 aromatic rings. The van der Waals surface area contributed by atoms with Crippen LogP contribution in [0, 0.1) is 0 Å². The van der Waals surface area contributed by atoms with E-state index >= 15 is 0 Å². The molecule has 0 aromatic heterocycles. The first kappa shape index (κ1) is 11.0. The zero-order valence-electron chi connectivity index (χ0n) is 8.99. The summed E-state index contributed by atoms with van der Waals surface area (Å²) in [5.41, 5.74) is 5.80. The monoisotopic (exact) mass is 186 g/mol. The molecular formula is C10H22N2O. The molecule has 0 aliphatic carbocycles. The predicted molar refractivity (Wildman–Crippen MR) is 54.7 cm³/mol. The molecule has 2 N–H and O–H groups in total. The number of nitrogens with two attached hydrogens (primary N) is 1. The summed E-state index contributed by atoms with van der Waals surface area (Å²) in [4.78, 5) is 2.46. The van der Waals surface area contributed by atoms with Gasteiger partial charge in [-0.1, -0.05) is 6.92 Å². The van der Waals surface area contributed by atoms with Crippen molar-refractivity contribution in [2.45, 2.75) is 45.4 Å². The van der Waals surface area contributed by atoms with Crippen LogP contribution in [0.1, 0.15) is 27.2 Å². The highest BCUT2D eigenvalue weighted by atomic mass is 16.5. The van der Waals surface area contributed by atoms with Crippen molar-refractivity contribution in [2.75, 3.05) is 19.7 Å². The Morgan fingerprint density at radius 3 is 2.85 bits per heavy atom. The average Bonchev–Trinajstić information content (AvgIpc) is 2.03. The van der Waals surface area contributed by atoms with Gasteiger partial charge in [-0.15, -0.1) is 0 Å². The van der Waals surface area contributed by atoms with E-state index in [0.717, 1.165) is 26.1 Å². The van der Waals surface area contributed by atoms with Gasteiger partial charge in [0, 0.05) is 25.2 Å². The van der Waals surface area contributed by atoms with E-state index in [1.807, 2.05) is 0 Å². The molecule has 1 aliphatic heterocycles. The van der Waals surface area contributed by atoms with Gasteiger partial charge in [0.05, 0.1) is 12.7 Å². The summed E-state index contributed by atoms with van der Waals surface area (Å²) >= 11 is 0. The molecule has 2 unspecified atom stereocenters. The first-order valence-electron chi connectivity index (χ1n) is 5.24. The van der Waals surface area contributed by atoms with Crippen molar-refractivity contribution in [2.24, 2.45) is 5.73 Å². The topological polar surface area (TPSA) is 38.5 Å². The van der Waals surface area contributed by atoms with E-state index in [4.69, 9.17) is 10.5 Å². The number of hydrogen-bond donors (Lipinski definition) is 1. The summed E-state index contributed by atoms with van der Waals surface area (Å²) in [6.45, 7) is 9.28. The number of hydrogen-bond acceptors (Lipinski definition) is 3. The van der Waals surface area contributed by atoms with E-state index in [-0.39, 0.29) is 6.04 Å². The van der Waals surface area contributed by atoms with E-state index in [9.17, 15) is 0 Å². The lowest BCUT2D eigenvalue weighted by atomic mass is 10.1. The van der Waals surface area contributed by atoms with Gasteiger partial charge in [-0.05, 0) is 20.3 Å². The van der Waals surface area contributed by atoms with Crippen LogP contribution in [-0.2, 0) is 4.74 Å². The largest absolute Gasteiger partial charge is 0.376 e. The van der Waals surface area contributed by atoms with Crippen LogP contribution in [0.2, 0.25) is 0 Å². The van der Waals surface area contributed by atoms with Crippen LogP contribution in [-0.4, -0.2) is 42.8 Å². The highest BCUT2D eigenvalue weighted by Gasteiger charge is 2.25. The second kappa shape index (κ2) is 4.94. The maximum Gasteiger partial charge on any atom is 0.0674 e. The van der Waals surface area contributed by atoms with E-state index in [2.05, 4.69) is 25.7 Å². The minimum Gasteiger partial charge on any atom is -0.376 e. The fourth-order valence-corrected chi connectivity index (χ4v) is 1.88. The number of ether oxygens (including phenoxy) is 1. The Bertz CT molecular complexity index is 148. The third kappa shape index (κ3) is 3.25. The Balaban J connectivity index is 2.44. The van der Waals surface area contributed by atoms with E-state index < -0.39 is 0 Å². The van der Waals surface area contributed by atoms with Gasteiger partial charge in [-0.3, -0.25) is 4.90 Å². The lowest BCUT2D eigenvalue weighted by Crippen LogP contribution is -2.51. The van der Waals surface area contributed by atoms with Crippen LogP contribution >= 0.6 is 0 Å². The normalized spacial score (nSPS) is 33.2. The molecule has 3 heteroatoms. The molecule has 0 bridgehead atoms. The molecule has 3 atom stereocenters. The van der Waals surface area contributed by atoms with Gasteiger partial charge >= 0.3 is 0 Å². The third-order valence-corrected chi connectivity index (χ3v) is 2.57. The second-order valence-corrected chi connectivity index (χ2v) is 4.14. The van der Waals surface area contributed by atoms with Crippen LogP contribution in [0.5, 0.6) is 0 Å². The van der Waals surface area contributed by atoms with Gasteiger partial charge in [-0.25, -0.2) is 0 Å². The molecule has 3 nitrogen and oxygen atoms in total. The number of rotatable bonds is 3. The van der Waals surface area contributed by atoms with Crippen LogP contribution in [0.3, 0.4) is 0 Å². The molecule has 1 aliphatic rings. The Morgan fingerprint density at radius 2 is 2.31 bits per heavy atom. The van der Waals surface area contributed by atoms with Crippen LogP contribution in [0.4, 0.5) is 0 Å². The molecule has 0 radical (unpaired) electrons. The molecule has 1 rings (SSSR count). The molecule has 13 heavy (non-hydrogen) atoms. The first-order valence-corrected chi connectivity index (χ1v) is 5.24. The highest BCUT2D eigenvalue weighted by Crippen LogP contribution is 2.14. The Labute approximate surface area is 81.2 Å². The Kier molecular flexibility index (Phi) is 4.16. The van der Waals surface area contributed by atoms with Gasteiger partial charge in [0.15, 0.2) is 0 Å². The average molecular weight is 186 g/mol. The van der Waals surface area contributed by atoms with Gasteiger partial charge in [0.1, 0.15) is 0 Å². The minimum absolute atomic E-state index is 0.263. The fourth-order valence-electron chi connectivity index (χ4n) is 1.88. The molecular weight excluding hydrogens is 164 g/mol. The van der Waals surface area contributed by atoms with Crippen molar-refractivity contribution in [3.63, 3.8) is 0 Å². The minimum atomic E-state index is 0.263. The molecule has 1 fully saturated rings. The quantitative estimate of drug-likeness (QED) is 0.709. The van der Waals surface area contributed by atoms with Crippen LogP contribution in [0.25, 0.3) is 0 Å². The van der Waals surface area contributed by atoms with Crippen molar-refractivity contribution in [1.82, 2.24) is 4.90 Å². The van der Waals surface area contributed by atoms with Gasteiger partial charge in [0.2, 0.25) is 0 Å². The highest BCUT2D eigenvalue weighted by molar-refractivity contribution is 4.79. The second-order valence-electron chi connectivity index (χ2n) is 4.14. The molecule has 0 aromatic carbocycles. The molecule has 0 amide bonds. The zero-order chi connectivity index (χ0) is 9.84. The zero-order valence-corrected chi connectivity index (χ0v) is 8.99. The summed E-state index contributed by atoms with van der Waals surface area (Å²) in [7, 11) is 0. The van der Waals surface area contributed by atoms with Crippen LogP contribution < -0.4 is 5.73 Å². The number of nitrogens with zero attached hydrogens (tertiary/aromatic N) is 1. The standard InChI is InChI=1S/C10H22N2O/c1-4-10-7-13-9(3)6-12(10)5-8(2)11/h8-10H,4-7,11H2,1-3H3/t8-,9?,10?/m0/s1. The third-order valence-electron chi connectivity index (χ3n) is 2.57. The maximum absolute atomic E-state index is 5.80. The molecule has 78 valence electrons. The molecule has 0 spiro atoms. The SMILES string of the molecule is CCC1COC(C)CN1C[C@H](C)N. The van der Waals surface area contributed by atoms with E-state index in [1.54, 1.807) is 0 Å². The molecule has 1 heterocycles. The van der Waals surface area contributed by atoms with Gasteiger partial charge in [0.25, 0.3) is 0 Å². The summed E-state index contributed by atoms with van der Waals surface area (Å²) in [5.74, 6) is 0. The van der Waals surface area contributed by atoms with Crippen molar-refractivity contribution in [3.8, 4) is 0 Å². The van der Waals surface area contributed by atoms with E-state index in [0.29, 0.717) is 12.1 Å². The first-order chi connectivity index (χ1) is 6.13. The summed E-state index contributed by atoms with van der Waals surface area (Å²) in [6, 6.07) is 0.835.